The molecule has 6 heteroatoms. The number of ketones is 1. The van der Waals surface area contributed by atoms with Crippen LogP contribution in [0.3, 0.4) is 0 Å². The van der Waals surface area contributed by atoms with E-state index in [1.54, 1.807) is 24.3 Å². The molecule has 1 rings (SSSR count). The molecule has 0 radical (unpaired) electrons. The highest BCUT2D eigenvalue weighted by Gasteiger charge is 2.15. The second kappa shape index (κ2) is 8.63. The summed E-state index contributed by atoms with van der Waals surface area (Å²) in [4.78, 5) is 33.7. The molecule has 1 aromatic rings. The van der Waals surface area contributed by atoms with E-state index < -0.39 is 11.9 Å². The Hall–Kier alpha value is -2.50. The number of rotatable bonds is 8. The Morgan fingerprint density at radius 2 is 2.00 bits per heavy atom. The standard InChI is InChI=1S/C15H18N2O4/c1-11(19)21-7-6-13(10-18)8-15(20)14-4-2-12(3-5-14)9-17-16/h2-5,9-10,13H,6-8,16H2,1H3. The van der Waals surface area contributed by atoms with Crippen molar-refractivity contribution in [2.24, 2.45) is 16.9 Å². The van der Waals surface area contributed by atoms with Gasteiger partial charge in [-0.15, -0.1) is 0 Å². The Bertz CT molecular complexity index is 523. The highest BCUT2D eigenvalue weighted by Crippen LogP contribution is 2.13. The Labute approximate surface area is 123 Å². The lowest BCUT2D eigenvalue weighted by atomic mass is 9.96. The number of hydrogen-bond donors (Lipinski definition) is 1. The Balaban J connectivity index is 2.57. The van der Waals surface area contributed by atoms with E-state index in [4.69, 9.17) is 10.6 Å². The van der Waals surface area contributed by atoms with Crippen LogP contribution in [0.5, 0.6) is 0 Å². The fourth-order valence-electron chi connectivity index (χ4n) is 1.77. The van der Waals surface area contributed by atoms with Gasteiger partial charge in [0.15, 0.2) is 5.78 Å². The molecule has 0 amide bonds. The van der Waals surface area contributed by atoms with Crippen molar-refractivity contribution in [3.8, 4) is 0 Å². The lowest BCUT2D eigenvalue weighted by molar-refractivity contribution is -0.141. The van der Waals surface area contributed by atoms with Crippen molar-refractivity contribution in [2.75, 3.05) is 6.61 Å². The number of nitrogens with zero attached hydrogens (tertiary/aromatic N) is 1. The normalized spacial score (nSPS) is 12.0. The minimum atomic E-state index is -0.456. The van der Waals surface area contributed by atoms with Crippen LogP contribution in [-0.4, -0.2) is 30.9 Å². The van der Waals surface area contributed by atoms with Gasteiger partial charge in [-0.1, -0.05) is 24.3 Å². The number of aldehydes is 1. The summed E-state index contributed by atoms with van der Waals surface area (Å²) in [6.45, 7) is 1.44. The largest absolute Gasteiger partial charge is 0.466 e. The monoisotopic (exact) mass is 290 g/mol. The quantitative estimate of drug-likeness (QED) is 0.194. The fraction of sp³-hybridized carbons (Fsp3) is 0.333. The first kappa shape index (κ1) is 16.6. The topological polar surface area (TPSA) is 98.8 Å². The Morgan fingerprint density at radius 1 is 1.33 bits per heavy atom. The number of hydrazone groups is 1. The van der Waals surface area contributed by atoms with Gasteiger partial charge in [0.05, 0.1) is 12.8 Å². The molecule has 112 valence electrons. The summed E-state index contributed by atoms with van der Waals surface area (Å²) in [6.07, 6.45) is 2.63. The van der Waals surface area contributed by atoms with Crippen LogP contribution in [0.25, 0.3) is 0 Å². The summed E-state index contributed by atoms with van der Waals surface area (Å²) >= 11 is 0. The van der Waals surface area contributed by atoms with Gasteiger partial charge in [-0.3, -0.25) is 9.59 Å². The van der Waals surface area contributed by atoms with Crippen LogP contribution in [0, 0.1) is 5.92 Å². The van der Waals surface area contributed by atoms with E-state index in [9.17, 15) is 14.4 Å². The number of carbonyl (C=O) groups excluding carboxylic acids is 3. The summed E-state index contributed by atoms with van der Waals surface area (Å²) < 4.78 is 4.77. The van der Waals surface area contributed by atoms with E-state index in [0.29, 0.717) is 12.0 Å². The number of Topliss-reactive ketones (excluding diaryl/α,β-unsaturated/α-hetero) is 1. The summed E-state index contributed by atoms with van der Waals surface area (Å²) in [5.74, 6) is 4.05. The molecule has 0 spiro atoms. The average Bonchev–Trinajstić information content (AvgIpc) is 2.46. The molecule has 0 saturated carbocycles. The van der Waals surface area contributed by atoms with Gasteiger partial charge in [-0.2, -0.15) is 5.10 Å². The zero-order chi connectivity index (χ0) is 15.7. The van der Waals surface area contributed by atoms with Crippen molar-refractivity contribution in [3.05, 3.63) is 35.4 Å². The summed E-state index contributed by atoms with van der Waals surface area (Å²) in [5.41, 5.74) is 1.30. The molecule has 0 saturated heterocycles. The van der Waals surface area contributed by atoms with E-state index in [0.717, 1.165) is 11.8 Å². The Morgan fingerprint density at radius 3 is 2.52 bits per heavy atom. The molecule has 0 aliphatic carbocycles. The SMILES string of the molecule is CC(=O)OCCC(C=O)CC(=O)c1ccc(C=NN)cc1. The van der Waals surface area contributed by atoms with Gasteiger partial charge in [0, 0.05) is 24.8 Å². The molecule has 0 bridgehead atoms. The number of nitrogens with two attached hydrogens (primary N) is 1. The van der Waals surface area contributed by atoms with Crippen molar-refractivity contribution >= 4 is 24.3 Å². The molecule has 2 N–H and O–H groups in total. The van der Waals surface area contributed by atoms with Gasteiger partial charge in [-0.05, 0) is 12.0 Å². The second-order valence-electron chi connectivity index (χ2n) is 4.55. The van der Waals surface area contributed by atoms with Crippen molar-refractivity contribution in [3.63, 3.8) is 0 Å². The molecule has 1 unspecified atom stereocenters. The highest BCUT2D eigenvalue weighted by atomic mass is 16.5. The predicted molar refractivity (Wildman–Crippen MR) is 78.0 cm³/mol. The zero-order valence-electron chi connectivity index (χ0n) is 11.8. The maximum Gasteiger partial charge on any atom is 0.302 e. The highest BCUT2D eigenvalue weighted by molar-refractivity contribution is 5.97. The van der Waals surface area contributed by atoms with Gasteiger partial charge in [0.25, 0.3) is 0 Å². The maximum absolute atomic E-state index is 12.1. The third-order valence-electron chi connectivity index (χ3n) is 2.89. The molecule has 1 atom stereocenters. The summed E-state index contributed by atoms with van der Waals surface area (Å²) in [6, 6.07) is 6.76. The van der Waals surface area contributed by atoms with Crippen LogP contribution in [0.1, 0.15) is 35.7 Å². The lowest BCUT2D eigenvalue weighted by Crippen LogP contribution is -2.14. The van der Waals surface area contributed by atoms with Crippen molar-refractivity contribution < 1.29 is 19.1 Å². The van der Waals surface area contributed by atoms with Crippen LogP contribution in [0.4, 0.5) is 0 Å². The number of ether oxygens (including phenoxy) is 1. The van der Waals surface area contributed by atoms with Crippen molar-refractivity contribution in [1.29, 1.82) is 0 Å². The summed E-state index contributed by atoms with van der Waals surface area (Å²) in [5, 5.41) is 3.39. The number of hydrogen-bond acceptors (Lipinski definition) is 6. The molecule has 0 aliphatic rings. The molecular weight excluding hydrogens is 272 g/mol. The number of esters is 1. The first-order valence-corrected chi connectivity index (χ1v) is 6.52. The van der Waals surface area contributed by atoms with E-state index in [2.05, 4.69) is 5.10 Å². The lowest BCUT2D eigenvalue weighted by Gasteiger charge is -2.09. The van der Waals surface area contributed by atoms with Crippen LogP contribution >= 0.6 is 0 Å². The fourth-order valence-corrected chi connectivity index (χ4v) is 1.77. The molecule has 0 fully saturated rings. The molecule has 0 aromatic heterocycles. The van der Waals surface area contributed by atoms with E-state index in [-0.39, 0.29) is 18.8 Å². The van der Waals surface area contributed by atoms with Crippen LogP contribution < -0.4 is 5.84 Å². The van der Waals surface area contributed by atoms with Gasteiger partial charge >= 0.3 is 5.97 Å². The van der Waals surface area contributed by atoms with E-state index >= 15 is 0 Å². The van der Waals surface area contributed by atoms with Crippen molar-refractivity contribution in [2.45, 2.75) is 19.8 Å². The van der Waals surface area contributed by atoms with Crippen molar-refractivity contribution in [1.82, 2.24) is 0 Å². The van der Waals surface area contributed by atoms with E-state index in [1.165, 1.54) is 13.1 Å². The third kappa shape index (κ3) is 5.99. The summed E-state index contributed by atoms with van der Waals surface area (Å²) in [7, 11) is 0. The van der Waals surface area contributed by atoms with Crippen LogP contribution in [-0.2, 0) is 14.3 Å². The zero-order valence-corrected chi connectivity index (χ0v) is 11.8. The maximum atomic E-state index is 12.1. The van der Waals surface area contributed by atoms with Gasteiger partial charge in [0.2, 0.25) is 0 Å². The van der Waals surface area contributed by atoms with Gasteiger partial charge in [-0.25, -0.2) is 0 Å². The van der Waals surface area contributed by atoms with Gasteiger partial charge < -0.3 is 15.4 Å². The molecule has 0 aliphatic heterocycles. The number of benzene rings is 1. The Kier molecular flexibility index (Phi) is 6.80. The third-order valence-corrected chi connectivity index (χ3v) is 2.89. The molecule has 0 heterocycles. The minimum Gasteiger partial charge on any atom is -0.466 e. The predicted octanol–water partition coefficient (Wildman–Crippen LogP) is 1.32. The molecule has 1 aromatic carbocycles. The minimum absolute atomic E-state index is 0.0924. The smallest absolute Gasteiger partial charge is 0.302 e. The van der Waals surface area contributed by atoms with Crippen LogP contribution in [0.2, 0.25) is 0 Å². The number of carbonyl (C=O) groups is 3. The molecule has 6 nitrogen and oxygen atoms in total. The molecule has 21 heavy (non-hydrogen) atoms. The first-order chi connectivity index (χ1) is 10.1. The van der Waals surface area contributed by atoms with E-state index in [1.807, 2.05) is 0 Å². The first-order valence-electron chi connectivity index (χ1n) is 6.52. The average molecular weight is 290 g/mol. The molecular formula is C15H18N2O4. The van der Waals surface area contributed by atoms with Gasteiger partial charge in [0.1, 0.15) is 6.29 Å². The van der Waals surface area contributed by atoms with Crippen LogP contribution in [0.15, 0.2) is 29.4 Å². The second-order valence-corrected chi connectivity index (χ2v) is 4.55.